The van der Waals surface area contributed by atoms with Gasteiger partial charge in [-0.25, -0.2) is 4.39 Å². The fourth-order valence-corrected chi connectivity index (χ4v) is 3.31. The molecule has 1 N–H and O–H groups in total. The van der Waals surface area contributed by atoms with Crippen LogP contribution in [-0.4, -0.2) is 30.5 Å². The minimum absolute atomic E-state index is 0.0355. The number of Topliss-reactive ketones (excluding diaryl/α,β-unsaturated/α-hetero) is 1. The van der Waals surface area contributed by atoms with Crippen LogP contribution in [0.1, 0.15) is 23.0 Å². The number of hydrogen-bond acceptors (Lipinski definition) is 4. The van der Waals surface area contributed by atoms with Gasteiger partial charge in [-0.1, -0.05) is 0 Å². The third-order valence-electron chi connectivity index (χ3n) is 4.87. The van der Waals surface area contributed by atoms with Gasteiger partial charge in [-0.15, -0.1) is 0 Å². The number of methoxy groups -OCH3 is 2. The Hall–Kier alpha value is -3.61. The van der Waals surface area contributed by atoms with Gasteiger partial charge in [0.1, 0.15) is 23.9 Å². The van der Waals surface area contributed by atoms with Crippen LogP contribution in [0.2, 0.25) is 0 Å². The van der Waals surface area contributed by atoms with Crippen LogP contribution >= 0.6 is 0 Å². The second-order valence-corrected chi connectivity index (χ2v) is 6.79. The van der Waals surface area contributed by atoms with Crippen molar-refractivity contribution in [2.45, 2.75) is 20.4 Å². The Morgan fingerprint density at radius 1 is 1.03 bits per heavy atom. The van der Waals surface area contributed by atoms with Crippen molar-refractivity contribution in [1.29, 1.82) is 0 Å². The molecule has 0 saturated heterocycles. The maximum atomic E-state index is 13.4. The molecule has 0 aliphatic rings. The molecule has 0 unspecified atom stereocenters. The van der Waals surface area contributed by atoms with E-state index in [1.54, 1.807) is 47.9 Å². The summed E-state index contributed by atoms with van der Waals surface area (Å²) in [7, 11) is 3.05. The number of aromatic nitrogens is 1. The second kappa shape index (κ2) is 8.82. The standard InChI is InChI=1S/C23H23FN2O4/c1-14-19(15(2)27)12-21(16-5-7-17(24)8-6-16)26(14)13-23(28)25-20-11-18(29-3)9-10-22(20)30-4/h5-12H,13H2,1-4H3,(H,25,28). The van der Waals surface area contributed by atoms with Gasteiger partial charge >= 0.3 is 0 Å². The number of carbonyl (C=O) groups excluding carboxylic acids is 2. The first-order valence-corrected chi connectivity index (χ1v) is 9.33. The molecule has 3 rings (SSSR count). The molecule has 1 aromatic heterocycles. The van der Waals surface area contributed by atoms with Crippen molar-refractivity contribution in [3.8, 4) is 22.8 Å². The molecule has 0 aliphatic carbocycles. The normalized spacial score (nSPS) is 10.6. The maximum Gasteiger partial charge on any atom is 0.244 e. The smallest absolute Gasteiger partial charge is 0.244 e. The summed E-state index contributed by atoms with van der Waals surface area (Å²) in [5, 5.41) is 2.83. The van der Waals surface area contributed by atoms with Crippen molar-refractivity contribution in [2.75, 3.05) is 19.5 Å². The number of halogens is 1. The minimum Gasteiger partial charge on any atom is -0.497 e. The quantitative estimate of drug-likeness (QED) is 0.584. The Morgan fingerprint density at radius 3 is 2.33 bits per heavy atom. The van der Waals surface area contributed by atoms with Crippen molar-refractivity contribution in [1.82, 2.24) is 4.57 Å². The predicted octanol–water partition coefficient (Wildman–Crippen LogP) is 4.46. The molecule has 0 spiro atoms. The summed E-state index contributed by atoms with van der Waals surface area (Å²) in [6, 6.07) is 12.8. The number of amides is 1. The lowest BCUT2D eigenvalue weighted by molar-refractivity contribution is -0.116. The average Bonchev–Trinajstić information content (AvgIpc) is 3.05. The molecule has 1 amide bonds. The van der Waals surface area contributed by atoms with Gasteiger partial charge in [0.15, 0.2) is 5.78 Å². The summed E-state index contributed by atoms with van der Waals surface area (Å²) >= 11 is 0. The van der Waals surface area contributed by atoms with E-state index in [9.17, 15) is 14.0 Å². The van der Waals surface area contributed by atoms with Crippen molar-refractivity contribution < 1.29 is 23.5 Å². The van der Waals surface area contributed by atoms with E-state index in [1.807, 2.05) is 0 Å². The van der Waals surface area contributed by atoms with E-state index in [4.69, 9.17) is 9.47 Å². The molecule has 0 aliphatic heterocycles. The third kappa shape index (κ3) is 4.35. The molecule has 7 heteroatoms. The number of anilines is 1. The van der Waals surface area contributed by atoms with Crippen molar-refractivity contribution in [2.24, 2.45) is 0 Å². The Balaban J connectivity index is 1.95. The highest BCUT2D eigenvalue weighted by molar-refractivity contribution is 5.98. The first-order chi connectivity index (χ1) is 14.3. The van der Waals surface area contributed by atoms with E-state index in [-0.39, 0.29) is 24.1 Å². The summed E-state index contributed by atoms with van der Waals surface area (Å²) < 4.78 is 25.6. The molecular weight excluding hydrogens is 387 g/mol. The zero-order valence-corrected chi connectivity index (χ0v) is 17.3. The summed E-state index contributed by atoms with van der Waals surface area (Å²) in [5.41, 5.74) is 3.02. The van der Waals surface area contributed by atoms with Crippen LogP contribution in [0.3, 0.4) is 0 Å². The van der Waals surface area contributed by atoms with Crippen LogP contribution < -0.4 is 14.8 Å². The second-order valence-electron chi connectivity index (χ2n) is 6.79. The molecule has 2 aromatic carbocycles. The van der Waals surface area contributed by atoms with Crippen LogP contribution in [0.4, 0.5) is 10.1 Å². The van der Waals surface area contributed by atoms with E-state index < -0.39 is 0 Å². The van der Waals surface area contributed by atoms with Crippen LogP contribution in [0, 0.1) is 12.7 Å². The number of carbonyl (C=O) groups is 2. The molecule has 0 fully saturated rings. The zero-order valence-electron chi connectivity index (χ0n) is 17.3. The number of benzene rings is 2. The summed E-state index contributed by atoms with van der Waals surface area (Å²) in [6.45, 7) is 3.22. The summed E-state index contributed by atoms with van der Waals surface area (Å²) in [5.74, 6) is 0.303. The van der Waals surface area contributed by atoms with Gasteiger partial charge in [-0.05, 0) is 61.9 Å². The van der Waals surface area contributed by atoms with Crippen molar-refractivity contribution in [3.05, 3.63) is 65.6 Å². The van der Waals surface area contributed by atoms with Crippen molar-refractivity contribution in [3.63, 3.8) is 0 Å². The summed E-state index contributed by atoms with van der Waals surface area (Å²) in [6.07, 6.45) is 0. The van der Waals surface area contributed by atoms with Crippen LogP contribution in [0.25, 0.3) is 11.3 Å². The van der Waals surface area contributed by atoms with Gasteiger partial charge < -0.3 is 19.4 Å². The number of rotatable bonds is 7. The van der Waals surface area contributed by atoms with Crippen LogP contribution in [0.5, 0.6) is 11.5 Å². The van der Waals surface area contributed by atoms with Gasteiger partial charge in [0.2, 0.25) is 5.91 Å². The van der Waals surface area contributed by atoms with Crippen LogP contribution in [-0.2, 0) is 11.3 Å². The SMILES string of the molecule is COc1ccc(OC)c(NC(=O)Cn2c(-c3ccc(F)cc3)cc(C(C)=O)c2C)c1. The largest absolute Gasteiger partial charge is 0.497 e. The van der Waals surface area contributed by atoms with E-state index >= 15 is 0 Å². The highest BCUT2D eigenvalue weighted by Crippen LogP contribution is 2.30. The number of hydrogen-bond donors (Lipinski definition) is 1. The van der Waals surface area contributed by atoms with E-state index in [0.717, 1.165) is 0 Å². The molecule has 0 radical (unpaired) electrons. The number of nitrogens with zero attached hydrogens (tertiary/aromatic N) is 1. The molecule has 3 aromatic rings. The fourth-order valence-electron chi connectivity index (χ4n) is 3.31. The van der Waals surface area contributed by atoms with Crippen molar-refractivity contribution >= 4 is 17.4 Å². The van der Waals surface area contributed by atoms with Gasteiger partial charge in [-0.2, -0.15) is 0 Å². The Bertz CT molecular complexity index is 1090. The molecule has 0 bridgehead atoms. The monoisotopic (exact) mass is 410 g/mol. The van der Waals surface area contributed by atoms with Gasteiger partial charge in [0, 0.05) is 23.0 Å². The molecule has 30 heavy (non-hydrogen) atoms. The molecule has 0 atom stereocenters. The predicted molar refractivity (Wildman–Crippen MR) is 113 cm³/mol. The maximum absolute atomic E-state index is 13.4. The first kappa shape index (κ1) is 21.1. The van der Waals surface area contributed by atoms with E-state index in [2.05, 4.69) is 5.32 Å². The number of nitrogens with one attached hydrogen (secondary N) is 1. The lowest BCUT2D eigenvalue weighted by atomic mass is 10.1. The van der Waals surface area contributed by atoms with Crippen LogP contribution in [0.15, 0.2) is 48.5 Å². The van der Waals surface area contributed by atoms with Gasteiger partial charge in [-0.3, -0.25) is 9.59 Å². The number of ketones is 1. The average molecular weight is 410 g/mol. The highest BCUT2D eigenvalue weighted by Gasteiger charge is 2.19. The lowest BCUT2D eigenvalue weighted by Crippen LogP contribution is -2.20. The topological polar surface area (TPSA) is 69.6 Å². The lowest BCUT2D eigenvalue weighted by Gasteiger charge is -2.15. The van der Waals surface area contributed by atoms with E-state index in [1.165, 1.54) is 33.3 Å². The third-order valence-corrected chi connectivity index (χ3v) is 4.87. The minimum atomic E-state index is -0.358. The first-order valence-electron chi connectivity index (χ1n) is 9.33. The zero-order chi connectivity index (χ0) is 21.8. The highest BCUT2D eigenvalue weighted by atomic mass is 19.1. The molecule has 1 heterocycles. The Labute approximate surface area is 174 Å². The molecule has 156 valence electrons. The Morgan fingerprint density at radius 2 is 1.73 bits per heavy atom. The number of ether oxygens (including phenoxy) is 2. The molecular formula is C23H23FN2O4. The molecule has 0 saturated carbocycles. The van der Waals surface area contributed by atoms with Gasteiger partial charge in [0.25, 0.3) is 0 Å². The fraction of sp³-hybridized carbons (Fsp3) is 0.217. The van der Waals surface area contributed by atoms with Gasteiger partial charge in [0.05, 0.1) is 19.9 Å². The Kier molecular flexibility index (Phi) is 6.20. The summed E-state index contributed by atoms with van der Waals surface area (Å²) in [4.78, 5) is 24.9. The van der Waals surface area contributed by atoms with E-state index in [0.29, 0.717) is 39.7 Å². The molecule has 6 nitrogen and oxygen atoms in total.